The van der Waals surface area contributed by atoms with E-state index in [9.17, 15) is 4.79 Å². The lowest BCUT2D eigenvalue weighted by molar-refractivity contribution is 0.230. The van der Waals surface area contributed by atoms with Crippen molar-refractivity contribution in [1.82, 2.24) is 15.1 Å². The van der Waals surface area contributed by atoms with E-state index < -0.39 is 0 Å². The van der Waals surface area contributed by atoms with Crippen molar-refractivity contribution in [1.29, 1.82) is 0 Å². The molecule has 0 atom stereocenters. The highest BCUT2D eigenvalue weighted by Crippen LogP contribution is 2.21. The second kappa shape index (κ2) is 8.88. The Hall–Kier alpha value is -0.810. The molecule has 5 heteroatoms. The van der Waals surface area contributed by atoms with E-state index in [-0.39, 0.29) is 5.56 Å². The van der Waals surface area contributed by atoms with E-state index in [0.29, 0.717) is 0 Å². The number of rotatable bonds is 7. The highest BCUT2D eigenvalue weighted by atomic mass is 32.2. The van der Waals surface area contributed by atoms with Crippen LogP contribution in [0.15, 0.2) is 4.79 Å². The van der Waals surface area contributed by atoms with Crippen LogP contribution in [0.1, 0.15) is 55.3 Å². The van der Waals surface area contributed by atoms with Crippen LogP contribution >= 0.6 is 11.8 Å². The fraction of sp³-hybridized carbons (Fsp3) is 0.778. The lowest BCUT2D eigenvalue weighted by atomic mass is 9.91. The van der Waals surface area contributed by atoms with Crippen molar-refractivity contribution >= 4 is 11.8 Å². The topological polar surface area (TPSA) is 49.0 Å². The predicted octanol–water partition coefficient (Wildman–Crippen LogP) is 2.80. The molecular formula is C18H29N3OS. The van der Waals surface area contributed by atoms with Crippen molar-refractivity contribution in [3.05, 3.63) is 27.2 Å². The zero-order valence-electron chi connectivity index (χ0n) is 14.1. The van der Waals surface area contributed by atoms with Crippen LogP contribution in [0.5, 0.6) is 0 Å². The summed E-state index contributed by atoms with van der Waals surface area (Å²) in [6.45, 7) is 3.87. The molecule has 2 heterocycles. The number of H-pyrrole nitrogens is 1. The number of fused-ring (bicyclic) bond motifs is 1. The molecule has 0 unspecified atom stereocenters. The van der Waals surface area contributed by atoms with Crippen molar-refractivity contribution in [3.63, 3.8) is 0 Å². The Morgan fingerprint density at radius 2 is 1.78 bits per heavy atom. The van der Waals surface area contributed by atoms with Crippen molar-refractivity contribution < 1.29 is 0 Å². The third-order valence-corrected chi connectivity index (χ3v) is 6.15. The molecule has 4 nitrogen and oxygen atoms in total. The molecular weight excluding hydrogens is 306 g/mol. The zero-order valence-corrected chi connectivity index (χ0v) is 14.9. The van der Waals surface area contributed by atoms with Crippen LogP contribution in [-0.2, 0) is 19.3 Å². The van der Waals surface area contributed by atoms with Gasteiger partial charge in [-0.05, 0) is 81.6 Å². The summed E-state index contributed by atoms with van der Waals surface area (Å²) in [7, 11) is 0. The molecule has 0 saturated carbocycles. The molecule has 1 aromatic heterocycles. The van der Waals surface area contributed by atoms with Gasteiger partial charge in [0.25, 0.3) is 5.56 Å². The van der Waals surface area contributed by atoms with Gasteiger partial charge in [0, 0.05) is 12.0 Å². The minimum absolute atomic E-state index is 0.0395. The molecule has 2 aliphatic rings. The summed E-state index contributed by atoms with van der Waals surface area (Å²) in [4.78, 5) is 14.5. The molecule has 0 radical (unpaired) electrons. The summed E-state index contributed by atoms with van der Waals surface area (Å²) in [5.74, 6) is 2.35. The number of aromatic nitrogens is 2. The molecule has 0 aromatic carbocycles. The Balaban J connectivity index is 1.38. The van der Waals surface area contributed by atoms with Gasteiger partial charge in [-0.2, -0.15) is 16.9 Å². The van der Waals surface area contributed by atoms with E-state index in [1.54, 1.807) is 0 Å². The molecule has 1 saturated heterocycles. The highest BCUT2D eigenvalue weighted by molar-refractivity contribution is 7.99. The first-order valence-corrected chi connectivity index (χ1v) is 10.4. The number of aromatic amines is 1. The fourth-order valence-electron chi connectivity index (χ4n) is 3.78. The first-order valence-electron chi connectivity index (χ1n) is 9.24. The van der Waals surface area contributed by atoms with Crippen molar-refractivity contribution in [3.8, 4) is 0 Å². The van der Waals surface area contributed by atoms with Gasteiger partial charge >= 0.3 is 0 Å². The Morgan fingerprint density at radius 3 is 2.61 bits per heavy atom. The molecule has 0 amide bonds. The quantitative estimate of drug-likeness (QED) is 0.779. The van der Waals surface area contributed by atoms with E-state index >= 15 is 0 Å². The van der Waals surface area contributed by atoms with Crippen LogP contribution < -0.4 is 5.56 Å². The summed E-state index contributed by atoms with van der Waals surface area (Å²) in [5, 5.41) is 7.03. The second-order valence-electron chi connectivity index (χ2n) is 6.78. The average molecular weight is 336 g/mol. The van der Waals surface area contributed by atoms with Crippen LogP contribution in [0, 0.1) is 0 Å². The first kappa shape index (κ1) is 17.0. The molecule has 3 rings (SSSR count). The van der Waals surface area contributed by atoms with Gasteiger partial charge in [0.15, 0.2) is 0 Å². The maximum Gasteiger partial charge on any atom is 0.267 e. The summed E-state index contributed by atoms with van der Waals surface area (Å²) >= 11 is 2.03. The molecule has 1 aromatic rings. The number of hydrogen-bond donors (Lipinski definition) is 1. The third kappa shape index (κ3) is 4.83. The van der Waals surface area contributed by atoms with E-state index in [0.717, 1.165) is 42.7 Å². The Labute approximate surface area is 143 Å². The van der Waals surface area contributed by atoms with Gasteiger partial charge in [-0.3, -0.25) is 4.79 Å². The van der Waals surface area contributed by atoms with Gasteiger partial charge in [0.05, 0.1) is 5.69 Å². The van der Waals surface area contributed by atoms with Crippen LogP contribution in [-0.4, -0.2) is 46.2 Å². The largest absolute Gasteiger partial charge is 0.303 e. The molecule has 1 aliphatic heterocycles. The van der Waals surface area contributed by atoms with Crippen molar-refractivity contribution in [2.24, 2.45) is 0 Å². The number of likely N-dealkylation sites (tertiary alicyclic amines) is 1. The summed E-state index contributed by atoms with van der Waals surface area (Å²) < 4.78 is 0. The normalized spacial score (nSPS) is 18.8. The third-order valence-electron chi connectivity index (χ3n) is 5.08. The molecule has 0 spiro atoms. The van der Waals surface area contributed by atoms with Gasteiger partial charge in [-0.15, -0.1) is 0 Å². The molecule has 128 valence electrons. The lowest BCUT2D eigenvalue weighted by Gasteiger charge is -2.26. The molecule has 0 bridgehead atoms. The number of aryl methyl sites for hydroxylation is 1. The van der Waals surface area contributed by atoms with Gasteiger partial charge in [0.1, 0.15) is 0 Å². The van der Waals surface area contributed by atoms with Crippen molar-refractivity contribution in [2.45, 2.75) is 57.8 Å². The first-order chi connectivity index (χ1) is 11.3. The fourth-order valence-corrected chi connectivity index (χ4v) is 4.65. The Morgan fingerprint density at radius 1 is 1.00 bits per heavy atom. The maximum absolute atomic E-state index is 11.9. The van der Waals surface area contributed by atoms with Crippen molar-refractivity contribution in [2.75, 3.05) is 31.1 Å². The number of thioether (sulfide) groups is 1. The van der Waals surface area contributed by atoms with E-state index in [4.69, 9.17) is 0 Å². The number of piperidine rings is 1. The van der Waals surface area contributed by atoms with E-state index in [1.807, 2.05) is 11.8 Å². The average Bonchev–Trinajstić information content (AvgIpc) is 2.61. The summed E-state index contributed by atoms with van der Waals surface area (Å²) in [5.41, 5.74) is 3.45. The monoisotopic (exact) mass is 335 g/mol. The summed E-state index contributed by atoms with van der Waals surface area (Å²) in [6.07, 6.45) is 10.8. The standard InChI is InChI=1S/C18H29N3OS/c22-18-16-8-3-2-7-15(16)17(19-20-18)9-14-23-13-6-12-21-10-4-1-5-11-21/h1-14H2,(H,20,22). The maximum atomic E-state index is 11.9. The smallest absolute Gasteiger partial charge is 0.267 e. The van der Waals surface area contributed by atoms with Gasteiger partial charge in [0.2, 0.25) is 0 Å². The molecule has 1 N–H and O–H groups in total. The number of nitrogens with one attached hydrogen (secondary N) is 1. The molecule has 1 aliphatic carbocycles. The number of nitrogens with zero attached hydrogens (tertiary/aromatic N) is 2. The van der Waals surface area contributed by atoms with Crippen LogP contribution in [0.3, 0.4) is 0 Å². The predicted molar refractivity (Wildman–Crippen MR) is 97.4 cm³/mol. The Kier molecular flexibility index (Phi) is 6.57. The molecule has 1 fully saturated rings. The number of hydrogen-bond acceptors (Lipinski definition) is 4. The SMILES string of the molecule is O=c1[nH]nc(CCSCCCN2CCCCC2)c2c1CCCC2. The lowest BCUT2D eigenvalue weighted by Crippen LogP contribution is -2.30. The van der Waals surface area contributed by atoms with Crippen LogP contribution in [0.25, 0.3) is 0 Å². The van der Waals surface area contributed by atoms with Gasteiger partial charge < -0.3 is 4.90 Å². The van der Waals surface area contributed by atoms with Crippen LogP contribution in [0.4, 0.5) is 0 Å². The second-order valence-corrected chi connectivity index (χ2v) is 8.01. The van der Waals surface area contributed by atoms with E-state index in [2.05, 4.69) is 15.1 Å². The highest BCUT2D eigenvalue weighted by Gasteiger charge is 2.17. The Bertz CT molecular complexity index is 552. The minimum Gasteiger partial charge on any atom is -0.303 e. The zero-order chi connectivity index (χ0) is 15.9. The van der Waals surface area contributed by atoms with Crippen LogP contribution in [0.2, 0.25) is 0 Å². The minimum atomic E-state index is 0.0395. The molecule has 23 heavy (non-hydrogen) atoms. The van der Waals surface area contributed by atoms with Gasteiger partial charge in [-0.1, -0.05) is 6.42 Å². The van der Waals surface area contributed by atoms with Gasteiger partial charge in [-0.25, -0.2) is 5.10 Å². The summed E-state index contributed by atoms with van der Waals surface area (Å²) in [6, 6.07) is 0. The van der Waals surface area contributed by atoms with E-state index in [1.165, 1.54) is 63.1 Å².